The van der Waals surface area contributed by atoms with Gasteiger partial charge in [-0.05, 0) is 49.6 Å². The van der Waals surface area contributed by atoms with Crippen molar-refractivity contribution < 1.29 is 22.1 Å². The minimum atomic E-state index is -3.72. The van der Waals surface area contributed by atoms with Crippen molar-refractivity contribution in [1.82, 2.24) is 14.5 Å². The van der Waals surface area contributed by atoms with Crippen LogP contribution in [0.15, 0.2) is 59.4 Å². The third-order valence-corrected chi connectivity index (χ3v) is 7.43. The maximum atomic E-state index is 11.9. The monoisotopic (exact) mass is 475 g/mol. The third-order valence-electron chi connectivity index (χ3n) is 5.84. The van der Waals surface area contributed by atoms with Gasteiger partial charge in [0.1, 0.15) is 29.3 Å². The van der Waals surface area contributed by atoms with Crippen LogP contribution in [0.1, 0.15) is 25.5 Å². The van der Waals surface area contributed by atoms with Gasteiger partial charge in [0, 0.05) is 6.20 Å². The van der Waals surface area contributed by atoms with E-state index in [0.29, 0.717) is 11.6 Å². The molecular weight excluding hydrogens is 454 g/mol. The van der Waals surface area contributed by atoms with Crippen molar-refractivity contribution in [1.29, 1.82) is 0 Å². The lowest BCUT2D eigenvalue weighted by Gasteiger charge is -2.22. The van der Waals surface area contributed by atoms with E-state index in [2.05, 4.69) is 20.2 Å². The van der Waals surface area contributed by atoms with Gasteiger partial charge in [-0.25, -0.2) is 9.97 Å². The Morgan fingerprint density at radius 2 is 1.91 bits per heavy atom. The maximum Gasteiger partial charge on any atom is 0.296 e. The average molecular weight is 476 g/mol. The van der Waals surface area contributed by atoms with Crippen LogP contribution < -0.4 is 0 Å². The summed E-state index contributed by atoms with van der Waals surface area (Å²) in [5, 5.41) is 1.18. The van der Waals surface area contributed by atoms with E-state index in [0.717, 1.165) is 29.3 Å². The van der Waals surface area contributed by atoms with Crippen LogP contribution in [-0.4, -0.2) is 48.1 Å². The van der Waals surface area contributed by atoms with Crippen molar-refractivity contribution in [2.45, 2.75) is 49.2 Å². The molecule has 3 heterocycles. The molecule has 1 saturated heterocycles. The summed E-state index contributed by atoms with van der Waals surface area (Å²) in [6, 6.07) is 8.43. The Hall–Kier alpha value is -2.30. The number of aromatic nitrogens is 3. The Morgan fingerprint density at radius 1 is 1.16 bits per heavy atom. The van der Waals surface area contributed by atoms with Crippen LogP contribution in [0.3, 0.4) is 0 Å². The summed E-state index contributed by atoms with van der Waals surface area (Å²) in [6.07, 6.45) is 5.67. The highest BCUT2D eigenvalue weighted by atomic mass is 35.5. The molecule has 0 bridgehead atoms. The van der Waals surface area contributed by atoms with Crippen molar-refractivity contribution in [3.63, 3.8) is 0 Å². The van der Waals surface area contributed by atoms with E-state index in [1.165, 1.54) is 6.33 Å². The number of benzene rings is 1. The standard InChI is InChI=1S/C22H22ClN3O5S/c1-22(2)30-18-14(10-13-4-6-15(7-5-13)32(27,28)29-3)11-17(19(18)31-22)26-9-8-16-20(23)24-12-25-21(16)26/h4-9,11-12,17-19H,10H2,1-3H3/t17-,18-,19+/m1/s1. The Labute approximate surface area is 190 Å². The Balaban J connectivity index is 1.49. The smallest absolute Gasteiger partial charge is 0.296 e. The molecule has 1 aromatic carbocycles. The van der Waals surface area contributed by atoms with Crippen LogP contribution in [0.25, 0.3) is 11.0 Å². The molecule has 1 aliphatic carbocycles. The van der Waals surface area contributed by atoms with E-state index in [9.17, 15) is 8.42 Å². The van der Waals surface area contributed by atoms with Gasteiger partial charge in [0.25, 0.3) is 10.1 Å². The van der Waals surface area contributed by atoms with Crippen LogP contribution in [0.2, 0.25) is 5.15 Å². The number of halogens is 1. The zero-order valence-electron chi connectivity index (χ0n) is 17.7. The van der Waals surface area contributed by atoms with E-state index in [4.69, 9.17) is 21.1 Å². The molecule has 2 aliphatic rings. The van der Waals surface area contributed by atoms with Gasteiger partial charge in [-0.15, -0.1) is 0 Å². The molecule has 1 fully saturated rings. The SMILES string of the molecule is COS(=O)(=O)c1ccc(CC2=C[C@@H](n3ccc4c(Cl)ncnc43)[C@@H]3OC(C)(C)O[C@H]23)cc1. The van der Waals surface area contributed by atoms with Crippen molar-refractivity contribution in [3.05, 3.63) is 65.2 Å². The highest BCUT2D eigenvalue weighted by Gasteiger charge is 2.50. The molecule has 1 aliphatic heterocycles. The Kier molecular flexibility index (Phi) is 5.14. The Bertz CT molecular complexity index is 1320. The Morgan fingerprint density at radius 3 is 2.62 bits per heavy atom. The molecule has 32 heavy (non-hydrogen) atoms. The van der Waals surface area contributed by atoms with Gasteiger partial charge < -0.3 is 14.0 Å². The van der Waals surface area contributed by atoms with E-state index >= 15 is 0 Å². The van der Waals surface area contributed by atoms with Crippen LogP contribution in [0.5, 0.6) is 0 Å². The molecule has 0 saturated carbocycles. The summed E-state index contributed by atoms with van der Waals surface area (Å²) in [5.41, 5.74) is 2.75. The third kappa shape index (κ3) is 3.64. The molecule has 2 aromatic heterocycles. The quantitative estimate of drug-likeness (QED) is 0.316. The molecule has 0 unspecified atom stereocenters. The van der Waals surface area contributed by atoms with E-state index < -0.39 is 15.9 Å². The lowest BCUT2D eigenvalue weighted by molar-refractivity contribution is -0.147. The molecule has 0 radical (unpaired) electrons. The normalized spacial score (nSPS) is 24.6. The molecule has 0 spiro atoms. The second kappa shape index (κ2) is 7.64. The van der Waals surface area contributed by atoms with Gasteiger partial charge >= 0.3 is 0 Å². The van der Waals surface area contributed by atoms with Gasteiger partial charge in [0.2, 0.25) is 0 Å². The highest BCUT2D eigenvalue weighted by Crippen LogP contribution is 2.45. The van der Waals surface area contributed by atoms with Gasteiger partial charge in [0.15, 0.2) is 5.79 Å². The topological polar surface area (TPSA) is 92.5 Å². The van der Waals surface area contributed by atoms with Gasteiger partial charge in [-0.1, -0.05) is 29.8 Å². The summed E-state index contributed by atoms with van der Waals surface area (Å²) in [5.74, 6) is -0.723. The summed E-state index contributed by atoms with van der Waals surface area (Å²) in [7, 11) is -2.57. The second-order valence-electron chi connectivity index (χ2n) is 8.32. The summed E-state index contributed by atoms with van der Waals surface area (Å²) >= 11 is 6.24. The molecule has 10 heteroatoms. The number of hydrogen-bond acceptors (Lipinski definition) is 7. The van der Waals surface area contributed by atoms with Crippen LogP contribution in [-0.2, 0) is 30.2 Å². The molecular formula is C22H22ClN3O5S. The molecule has 0 N–H and O–H groups in total. The second-order valence-corrected chi connectivity index (χ2v) is 10.4. The molecule has 3 aromatic rings. The lowest BCUT2D eigenvalue weighted by atomic mass is 10.0. The summed E-state index contributed by atoms with van der Waals surface area (Å²) < 4.78 is 42.9. The summed E-state index contributed by atoms with van der Waals surface area (Å²) in [4.78, 5) is 8.60. The van der Waals surface area contributed by atoms with E-state index in [-0.39, 0.29) is 23.1 Å². The first-order valence-corrected chi connectivity index (χ1v) is 11.9. The number of ether oxygens (including phenoxy) is 2. The van der Waals surface area contributed by atoms with Crippen molar-refractivity contribution in [3.8, 4) is 0 Å². The fourth-order valence-corrected chi connectivity index (χ4v) is 5.27. The fraction of sp³-hybridized carbons (Fsp3) is 0.364. The largest absolute Gasteiger partial charge is 0.342 e. The zero-order valence-corrected chi connectivity index (χ0v) is 19.3. The number of hydrogen-bond donors (Lipinski definition) is 0. The van der Waals surface area contributed by atoms with Crippen molar-refractivity contribution in [2.24, 2.45) is 0 Å². The van der Waals surface area contributed by atoms with Crippen molar-refractivity contribution in [2.75, 3.05) is 7.11 Å². The molecule has 0 amide bonds. The summed E-state index contributed by atoms with van der Waals surface area (Å²) in [6.45, 7) is 3.80. The highest BCUT2D eigenvalue weighted by molar-refractivity contribution is 7.86. The zero-order chi connectivity index (χ0) is 22.7. The van der Waals surface area contributed by atoms with Crippen LogP contribution in [0, 0.1) is 0 Å². The first-order chi connectivity index (χ1) is 15.2. The van der Waals surface area contributed by atoms with Crippen LogP contribution >= 0.6 is 11.6 Å². The number of rotatable bonds is 5. The molecule has 5 rings (SSSR count). The van der Waals surface area contributed by atoms with Gasteiger partial charge in [-0.2, -0.15) is 8.42 Å². The van der Waals surface area contributed by atoms with Gasteiger partial charge in [-0.3, -0.25) is 4.18 Å². The van der Waals surface area contributed by atoms with Gasteiger partial charge in [0.05, 0.1) is 23.4 Å². The predicted molar refractivity (Wildman–Crippen MR) is 118 cm³/mol. The number of fused-ring (bicyclic) bond motifs is 2. The van der Waals surface area contributed by atoms with Crippen LogP contribution in [0.4, 0.5) is 0 Å². The van der Waals surface area contributed by atoms with E-state index in [1.807, 2.05) is 30.7 Å². The minimum absolute atomic E-state index is 0.122. The molecule has 168 valence electrons. The fourth-order valence-electron chi connectivity index (χ4n) is 4.42. The maximum absolute atomic E-state index is 11.9. The first kappa shape index (κ1) is 21.5. The van der Waals surface area contributed by atoms with Crippen molar-refractivity contribution >= 4 is 32.8 Å². The lowest BCUT2D eigenvalue weighted by Crippen LogP contribution is -2.28. The number of nitrogens with zero attached hydrogens (tertiary/aromatic N) is 3. The molecule has 3 atom stereocenters. The predicted octanol–water partition coefficient (Wildman–Crippen LogP) is 3.66. The average Bonchev–Trinajstić information content (AvgIpc) is 3.41. The minimum Gasteiger partial charge on any atom is -0.342 e. The first-order valence-electron chi connectivity index (χ1n) is 10.1. The van der Waals surface area contributed by atoms with E-state index in [1.54, 1.807) is 24.3 Å². The molecule has 8 nitrogen and oxygen atoms in total.